The summed E-state index contributed by atoms with van der Waals surface area (Å²) in [6.07, 6.45) is -0.348. The molecule has 116 valence electrons. The highest BCUT2D eigenvalue weighted by molar-refractivity contribution is 7.11. The summed E-state index contributed by atoms with van der Waals surface area (Å²) in [5, 5.41) is 12.8. The van der Waals surface area contributed by atoms with Gasteiger partial charge in [0.1, 0.15) is 0 Å². The number of ether oxygens (including phenoxy) is 1. The quantitative estimate of drug-likeness (QED) is 0.721. The Morgan fingerprint density at radius 3 is 2.45 bits per heavy atom. The third-order valence-corrected chi connectivity index (χ3v) is 4.14. The van der Waals surface area contributed by atoms with Crippen molar-refractivity contribution in [3.05, 3.63) is 43.3 Å². The van der Waals surface area contributed by atoms with Gasteiger partial charge < -0.3 is 14.6 Å². The summed E-state index contributed by atoms with van der Waals surface area (Å²) in [4.78, 5) is 26.3. The minimum atomic E-state index is -1.26. The first-order valence-electron chi connectivity index (χ1n) is 5.81. The normalized spacial score (nSPS) is 10.5. The Morgan fingerprint density at radius 1 is 1.23 bits per heavy atom. The molecule has 0 aliphatic carbocycles. The number of hydrogen-bond acceptors (Lipinski definition) is 6. The number of Topliss-reactive ketones (excluding diaryl/α,β-unsaturated/α-hetero) is 1. The summed E-state index contributed by atoms with van der Waals surface area (Å²) in [6.45, 7) is -0.334. The SMILES string of the molecule is O=C([O-])Cc1csc(C(=O)COc2c(Cl)cc(Cl)cc2Cl)n1. The standard InChI is InChI=1S/C13H8Cl3NO4S/c14-6-1-8(15)12(9(16)2-6)21-4-10(18)13-17-7(5-22-13)3-11(19)20/h1-2,5H,3-4H2,(H,19,20)/p-1. The predicted molar refractivity (Wildman–Crippen MR) is 82.1 cm³/mol. The molecule has 22 heavy (non-hydrogen) atoms. The second-order valence-corrected chi connectivity index (χ2v) is 6.21. The maximum absolute atomic E-state index is 12.0. The molecule has 0 bridgehead atoms. The molecule has 2 aromatic rings. The smallest absolute Gasteiger partial charge is 0.228 e. The summed E-state index contributed by atoms with van der Waals surface area (Å²) >= 11 is 18.7. The summed E-state index contributed by atoms with van der Waals surface area (Å²) in [5.74, 6) is -1.54. The molecule has 1 heterocycles. The van der Waals surface area contributed by atoms with Crippen molar-refractivity contribution in [1.29, 1.82) is 0 Å². The van der Waals surface area contributed by atoms with Gasteiger partial charge in [-0.2, -0.15) is 0 Å². The van der Waals surface area contributed by atoms with Crippen LogP contribution in [-0.2, 0) is 11.2 Å². The van der Waals surface area contributed by atoms with Gasteiger partial charge in [-0.3, -0.25) is 4.79 Å². The van der Waals surface area contributed by atoms with Crippen LogP contribution in [0.4, 0.5) is 0 Å². The van der Waals surface area contributed by atoms with Crippen LogP contribution >= 0.6 is 46.1 Å². The first-order valence-corrected chi connectivity index (χ1v) is 7.83. The van der Waals surface area contributed by atoms with Crippen LogP contribution in [0.25, 0.3) is 0 Å². The number of carbonyl (C=O) groups is 2. The maximum Gasteiger partial charge on any atom is 0.228 e. The lowest BCUT2D eigenvalue weighted by atomic mass is 10.3. The summed E-state index contributed by atoms with van der Waals surface area (Å²) in [6, 6.07) is 2.88. The van der Waals surface area contributed by atoms with Crippen LogP contribution in [0, 0.1) is 0 Å². The van der Waals surface area contributed by atoms with E-state index in [4.69, 9.17) is 39.5 Å². The number of carboxylic acid groups (broad SMARTS) is 1. The minimum absolute atomic E-state index is 0.137. The van der Waals surface area contributed by atoms with Crippen molar-refractivity contribution >= 4 is 57.9 Å². The maximum atomic E-state index is 12.0. The van der Waals surface area contributed by atoms with Crippen molar-refractivity contribution in [1.82, 2.24) is 4.98 Å². The van der Waals surface area contributed by atoms with Crippen LogP contribution in [0.3, 0.4) is 0 Å². The lowest BCUT2D eigenvalue weighted by molar-refractivity contribution is -0.304. The third kappa shape index (κ3) is 4.33. The number of rotatable bonds is 6. The average molecular weight is 380 g/mol. The van der Waals surface area contributed by atoms with E-state index in [-0.39, 0.29) is 39.5 Å². The molecule has 2 rings (SSSR count). The predicted octanol–water partition coefficient (Wildman–Crippen LogP) is 2.66. The highest BCUT2D eigenvalue weighted by atomic mass is 35.5. The fourth-order valence-corrected chi connectivity index (χ4v) is 3.20. The van der Waals surface area contributed by atoms with Crippen molar-refractivity contribution in [3.63, 3.8) is 0 Å². The van der Waals surface area contributed by atoms with E-state index in [1.807, 2.05) is 0 Å². The monoisotopic (exact) mass is 378 g/mol. The lowest BCUT2D eigenvalue weighted by Gasteiger charge is -2.09. The number of thiazole rings is 1. The molecule has 0 saturated heterocycles. The van der Waals surface area contributed by atoms with E-state index in [0.29, 0.717) is 5.02 Å². The Bertz CT molecular complexity index is 709. The molecule has 0 atom stereocenters. The van der Waals surface area contributed by atoms with E-state index < -0.39 is 11.8 Å². The molecule has 0 spiro atoms. The van der Waals surface area contributed by atoms with Crippen molar-refractivity contribution < 1.29 is 19.4 Å². The lowest BCUT2D eigenvalue weighted by Crippen LogP contribution is -2.24. The van der Waals surface area contributed by atoms with E-state index in [1.54, 1.807) is 0 Å². The van der Waals surface area contributed by atoms with E-state index in [2.05, 4.69) is 4.98 Å². The van der Waals surface area contributed by atoms with E-state index in [9.17, 15) is 14.7 Å². The van der Waals surface area contributed by atoms with Gasteiger partial charge in [-0.1, -0.05) is 34.8 Å². The van der Waals surface area contributed by atoms with Crippen LogP contribution < -0.4 is 9.84 Å². The Balaban J connectivity index is 2.04. The number of carboxylic acids is 1. The fraction of sp³-hybridized carbons (Fsp3) is 0.154. The molecule has 1 aromatic heterocycles. The Hall–Kier alpha value is -1.34. The van der Waals surface area contributed by atoms with Gasteiger partial charge in [0.05, 0.1) is 15.7 Å². The topological polar surface area (TPSA) is 79.3 Å². The number of carbonyl (C=O) groups excluding carboxylic acids is 2. The van der Waals surface area contributed by atoms with Crippen molar-refractivity contribution in [2.24, 2.45) is 0 Å². The highest BCUT2D eigenvalue weighted by Gasteiger charge is 2.15. The zero-order chi connectivity index (χ0) is 16.3. The van der Waals surface area contributed by atoms with Crippen LogP contribution in [0.5, 0.6) is 5.75 Å². The summed E-state index contributed by atoms with van der Waals surface area (Å²) < 4.78 is 5.30. The average Bonchev–Trinajstić information content (AvgIpc) is 2.84. The molecule has 9 heteroatoms. The van der Waals surface area contributed by atoms with Gasteiger partial charge >= 0.3 is 0 Å². The van der Waals surface area contributed by atoms with E-state index in [0.717, 1.165) is 11.3 Å². The van der Waals surface area contributed by atoms with Crippen LogP contribution in [0.15, 0.2) is 17.5 Å². The molecule has 0 radical (unpaired) electrons. The summed E-state index contributed by atoms with van der Waals surface area (Å²) in [7, 11) is 0. The molecule has 0 unspecified atom stereocenters. The number of benzene rings is 1. The molecule has 0 amide bonds. The van der Waals surface area contributed by atoms with Gasteiger partial charge in [-0.05, 0) is 12.1 Å². The minimum Gasteiger partial charge on any atom is -0.550 e. The molecule has 0 N–H and O–H groups in total. The Morgan fingerprint density at radius 2 is 1.86 bits per heavy atom. The molecular weight excluding hydrogens is 373 g/mol. The molecule has 0 fully saturated rings. The second-order valence-electron chi connectivity index (χ2n) is 4.10. The molecule has 0 aliphatic rings. The van der Waals surface area contributed by atoms with Crippen molar-refractivity contribution in [3.8, 4) is 5.75 Å². The van der Waals surface area contributed by atoms with Gasteiger partial charge in [0.15, 0.2) is 17.4 Å². The van der Waals surface area contributed by atoms with Crippen molar-refractivity contribution in [2.45, 2.75) is 6.42 Å². The fourth-order valence-electron chi connectivity index (χ4n) is 1.53. The number of aliphatic carboxylic acids is 1. The van der Waals surface area contributed by atoms with Crippen LogP contribution in [0.1, 0.15) is 15.5 Å². The molecule has 0 aliphatic heterocycles. The van der Waals surface area contributed by atoms with E-state index in [1.165, 1.54) is 17.5 Å². The van der Waals surface area contributed by atoms with Gasteiger partial charge in [-0.25, -0.2) is 4.98 Å². The van der Waals surface area contributed by atoms with Gasteiger partial charge in [0.25, 0.3) is 0 Å². The van der Waals surface area contributed by atoms with E-state index >= 15 is 0 Å². The number of halogens is 3. The third-order valence-electron chi connectivity index (χ3n) is 2.43. The largest absolute Gasteiger partial charge is 0.550 e. The van der Waals surface area contributed by atoms with Gasteiger partial charge in [-0.15, -0.1) is 11.3 Å². The Kier molecular flexibility index (Phi) is 5.63. The van der Waals surface area contributed by atoms with Crippen LogP contribution in [0.2, 0.25) is 15.1 Å². The second kappa shape index (κ2) is 7.28. The number of nitrogens with zero attached hydrogens (tertiary/aromatic N) is 1. The number of aromatic nitrogens is 1. The zero-order valence-electron chi connectivity index (χ0n) is 10.8. The molecule has 1 aromatic carbocycles. The van der Waals surface area contributed by atoms with Gasteiger partial charge in [0.2, 0.25) is 5.78 Å². The Labute approximate surface area is 144 Å². The van der Waals surface area contributed by atoms with Gasteiger partial charge in [0, 0.05) is 22.8 Å². The molecule has 0 saturated carbocycles. The number of hydrogen-bond donors (Lipinski definition) is 0. The highest BCUT2D eigenvalue weighted by Crippen LogP contribution is 2.35. The zero-order valence-corrected chi connectivity index (χ0v) is 13.9. The number of ketones is 1. The van der Waals surface area contributed by atoms with Crippen molar-refractivity contribution in [2.75, 3.05) is 6.61 Å². The molecule has 5 nitrogen and oxygen atoms in total. The first-order chi connectivity index (χ1) is 10.4. The first kappa shape index (κ1) is 17.0. The van der Waals surface area contributed by atoms with Crippen LogP contribution in [-0.4, -0.2) is 23.3 Å². The molecular formula is C13H7Cl3NO4S-. The summed E-state index contributed by atoms with van der Waals surface area (Å²) in [5.41, 5.74) is 0.260.